The van der Waals surface area contributed by atoms with Crippen LogP contribution in [-0.4, -0.2) is 52.3 Å². The lowest BCUT2D eigenvalue weighted by Crippen LogP contribution is -2.39. The molecule has 1 saturated carbocycles. The van der Waals surface area contributed by atoms with E-state index in [0.29, 0.717) is 17.9 Å². The van der Waals surface area contributed by atoms with Crippen molar-refractivity contribution in [3.63, 3.8) is 0 Å². The lowest BCUT2D eigenvalue weighted by atomic mass is 10.2. The first-order chi connectivity index (χ1) is 15.8. The average molecular weight is 464 g/mol. The molecule has 0 unspecified atom stereocenters. The molecule has 33 heavy (non-hydrogen) atoms. The van der Waals surface area contributed by atoms with Gasteiger partial charge in [-0.1, -0.05) is 6.07 Å². The van der Waals surface area contributed by atoms with Crippen molar-refractivity contribution in [1.82, 2.24) is 19.6 Å². The molecule has 1 N–H and O–H groups in total. The number of amides is 1. The highest BCUT2D eigenvalue weighted by Gasteiger charge is 2.30. The minimum absolute atomic E-state index is 0.160. The summed E-state index contributed by atoms with van der Waals surface area (Å²) in [7, 11) is 0. The topological polar surface area (TPSA) is 58.9 Å². The van der Waals surface area contributed by atoms with Crippen LogP contribution in [0, 0.1) is 18.6 Å². The molecule has 3 aromatic rings. The minimum Gasteiger partial charge on any atom is -0.485 e. The summed E-state index contributed by atoms with van der Waals surface area (Å²) in [5, 5.41) is 2.77. The van der Waals surface area contributed by atoms with E-state index in [-0.39, 0.29) is 42.7 Å². The van der Waals surface area contributed by atoms with Crippen LogP contribution >= 0.6 is 0 Å². The molecular formula is C23H24F4N4O2. The molecule has 1 aliphatic rings. The van der Waals surface area contributed by atoms with Crippen molar-refractivity contribution in [3.05, 3.63) is 65.1 Å². The largest absolute Gasteiger partial charge is 0.485 e. The van der Waals surface area contributed by atoms with Crippen molar-refractivity contribution in [1.29, 1.82) is 0 Å². The van der Waals surface area contributed by atoms with Gasteiger partial charge in [0.1, 0.15) is 23.9 Å². The van der Waals surface area contributed by atoms with Gasteiger partial charge in [-0.3, -0.25) is 14.1 Å². The number of ether oxygens (including phenoxy) is 1. The maximum Gasteiger partial charge on any atom is 0.270 e. The van der Waals surface area contributed by atoms with Crippen LogP contribution in [0.15, 0.2) is 36.5 Å². The number of halogens is 4. The zero-order chi connectivity index (χ0) is 23.5. The van der Waals surface area contributed by atoms with Crippen LogP contribution in [0.5, 0.6) is 5.75 Å². The maximum absolute atomic E-state index is 13.9. The van der Waals surface area contributed by atoms with E-state index in [4.69, 9.17) is 4.74 Å². The molecule has 4 rings (SSSR count). The highest BCUT2D eigenvalue weighted by molar-refractivity contribution is 5.95. The highest BCUT2D eigenvalue weighted by Crippen LogP contribution is 2.27. The number of alkyl halides is 2. The molecule has 10 heteroatoms. The lowest BCUT2D eigenvalue weighted by Gasteiger charge is -2.21. The summed E-state index contributed by atoms with van der Waals surface area (Å²) in [6, 6.07) is 6.96. The molecule has 0 atom stereocenters. The third-order valence-electron chi connectivity index (χ3n) is 5.56. The Morgan fingerprint density at radius 2 is 1.97 bits per heavy atom. The maximum atomic E-state index is 13.9. The van der Waals surface area contributed by atoms with E-state index >= 15 is 0 Å². The van der Waals surface area contributed by atoms with E-state index in [0.717, 1.165) is 25.0 Å². The van der Waals surface area contributed by atoms with Gasteiger partial charge in [-0.05, 0) is 44.0 Å². The number of carbonyl (C=O) groups excluding carboxylic acids is 1. The number of aromatic nitrogens is 2. The Morgan fingerprint density at radius 1 is 1.24 bits per heavy atom. The van der Waals surface area contributed by atoms with Gasteiger partial charge in [0.25, 0.3) is 12.3 Å². The molecule has 6 nitrogen and oxygen atoms in total. The van der Waals surface area contributed by atoms with Gasteiger partial charge in [0.05, 0.1) is 17.8 Å². The van der Waals surface area contributed by atoms with Crippen LogP contribution < -0.4 is 10.1 Å². The number of nitrogens with one attached hydrogen (secondary N) is 1. The predicted octanol–water partition coefficient (Wildman–Crippen LogP) is 3.96. The summed E-state index contributed by atoms with van der Waals surface area (Å²) in [5.74, 6) is -1.56. The van der Waals surface area contributed by atoms with E-state index in [1.54, 1.807) is 30.2 Å². The number of carbonyl (C=O) groups is 1. The lowest BCUT2D eigenvalue weighted by molar-refractivity contribution is 0.0822. The highest BCUT2D eigenvalue weighted by atomic mass is 19.3. The van der Waals surface area contributed by atoms with Crippen LogP contribution in [0.3, 0.4) is 0 Å². The third kappa shape index (κ3) is 5.27. The Labute approximate surface area is 188 Å². The van der Waals surface area contributed by atoms with Gasteiger partial charge in [0, 0.05) is 25.3 Å². The fraction of sp³-hybridized carbons (Fsp3) is 0.391. The van der Waals surface area contributed by atoms with Gasteiger partial charge in [-0.25, -0.2) is 22.5 Å². The van der Waals surface area contributed by atoms with Crippen LogP contribution in [-0.2, 0) is 6.61 Å². The Kier molecular flexibility index (Phi) is 6.83. The van der Waals surface area contributed by atoms with Crippen LogP contribution in [0.1, 0.15) is 34.6 Å². The van der Waals surface area contributed by atoms with E-state index in [2.05, 4.69) is 10.3 Å². The molecule has 2 aromatic heterocycles. The first kappa shape index (κ1) is 23.0. The second-order valence-corrected chi connectivity index (χ2v) is 7.97. The van der Waals surface area contributed by atoms with E-state index < -0.39 is 24.0 Å². The van der Waals surface area contributed by atoms with Gasteiger partial charge in [0.15, 0.2) is 11.4 Å². The first-order valence-electron chi connectivity index (χ1n) is 10.7. The van der Waals surface area contributed by atoms with Crippen LogP contribution in [0.2, 0.25) is 0 Å². The van der Waals surface area contributed by atoms with Crippen LogP contribution in [0.25, 0.3) is 5.65 Å². The number of hydrogen-bond donors (Lipinski definition) is 1. The predicted molar refractivity (Wildman–Crippen MR) is 114 cm³/mol. The van der Waals surface area contributed by atoms with Gasteiger partial charge in [-0.15, -0.1) is 0 Å². The standard InChI is InChI=1S/C23H24F4N4O2/c1-14-21(23(32)28-9-11-30(12-20(26)27)15-7-8-15)31-10-3-6-19(22(31)29-14)33-13-16-17(24)4-2-5-18(16)25/h2-6,10,15,20H,7-9,11-13H2,1H3,(H,28,32). The van der Waals surface area contributed by atoms with Crippen molar-refractivity contribution in [2.45, 2.75) is 38.8 Å². The molecule has 1 aliphatic carbocycles. The molecule has 1 amide bonds. The van der Waals surface area contributed by atoms with Crippen molar-refractivity contribution >= 4 is 11.6 Å². The van der Waals surface area contributed by atoms with E-state index in [1.165, 1.54) is 10.5 Å². The molecule has 0 saturated heterocycles. The first-order valence-corrected chi connectivity index (χ1v) is 10.7. The monoisotopic (exact) mass is 464 g/mol. The quantitative estimate of drug-likeness (QED) is 0.462. The van der Waals surface area contributed by atoms with Gasteiger partial charge < -0.3 is 10.1 Å². The Hall–Kier alpha value is -3.14. The average Bonchev–Trinajstić information content (AvgIpc) is 3.54. The molecule has 0 bridgehead atoms. The number of hydrogen-bond acceptors (Lipinski definition) is 4. The minimum atomic E-state index is -2.42. The Balaban J connectivity index is 1.46. The zero-order valence-electron chi connectivity index (χ0n) is 18.0. The molecule has 0 aliphatic heterocycles. The van der Waals surface area contributed by atoms with Crippen molar-refractivity contribution in [3.8, 4) is 5.75 Å². The number of rotatable bonds is 10. The second-order valence-electron chi connectivity index (χ2n) is 7.97. The van der Waals surface area contributed by atoms with Gasteiger partial charge in [0.2, 0.25) is 0 Å². The van der Waals surface area contributed by atoms with E-state index in [9.17, 15) is 22.4 Å². The number of nitrogens with zero attached hydrogens (tertiary/aromatic N) is 3. The molecule has 1 fully saturated rings. The molecule has 2 heterocycles. The van der Waals surface area contributed by atoms with Gasteiger partial charge >= 0.3 is 0 Å². The summed E-state index contributed by atoms with van der Waals surface area (Å²) in [6.07, 6.45) is 1.01. The fourth-order valence-electron chi connectivity index (χ4n) is 3.80. The van der Waals surface area contributed by atoms with Crippen molar-refractivity contribution in [2.24, 2.45) is 0 Å². The molecular weight excluding hydrogens is 440 g/mol. The summed E-state index contributed by atoms with van der Waals surface area (Å²) >= 11 is 0. The number of pyridine rings is 1. The van der Waals surface area contributed by atoms with E-state index in [1.807, 2.05) is 0 Å². The number of imidazole rings is 1. The summed E-state index contributed by atoms with van der Waals surface area (Å²) < 4.78 is 60.5. The Morgan fingerprint density at radius 3 is 2.64 bits per heavy atom. The van der Waals surface area contributed by atoms with Crippen LogP contribution in [0.4, 0.5) is 17.6 Å². The number of fused-ring (bicyclic) bond motifs is 1. The zero-order valence-corrected chi connectivity index (χ0v) is 18.0. The van der Waals surface area contributed by atoms with Crippen molar-refractivity contribution in [2.75, 3.05) is 19.6 Å². The summed E-state index contributed by atoms with van der Waals surface area (Å²) in [5.41, 5.74) is 0.838. The SMILES string of the molecule is Cc1nc2c(OCc3c(F)cccc3F)cccn2c1C(=O)NCCN(CC(F)F)C1CC1. The number of benzene rings is 1. The molecule has 1 aromatic carbocycles. The Bertz CT molecular complexity index is 1130. The van der Waals surface area contributed by atoms with Gasteiger partial charge in [-0.2, -0.15) is 0 Å². The fourth-order valence-corrected chi connectivity index (χ4v) is 3.80. The summed E-state index contributed by atoms with van der Waals surface area (Å²) in [4.78, 5) is 18.9. The molecule has 0 spiro atoms. The third-order valence-corrected chi connectivity index (χ3v) is 5.56. The number of aryl methyl sites for hydroxylation is 1. The normalized spacial score (nSPS) is 13.8. The summed E-state index contributed by atoms with van der Waals surface area (Å²) in [6.45, 7) is 1.57. The molecule has 176 valence electrons. The van der Waals surface area contributed by atoms with Crippen molar-refractivity contribution < 1.29 is 27.1 Å². The smallest absolute Gasteiger partial charge is 0.270 e. The second kappa shape index (κ2) is 9.78. The molecule has 0 radical (unpaired) electrons.